The van der Waals surface area contributed by atoms with Crippen LogP contribution in [-0.2, 0) is 16.1 Å². The fraction of sp³-hybridized carbons (Fsp3) is 0.643. The number of oxazole rings is 1. The van der Waals surface area contributed by atoms with Gasteiger partial charge in [0.1, 0.15) is 5.76 Å². The molecule has 1 saturated carbocycles. The molecule has 1 saturated heterocycles. The Hall–Kier alpha value is -1.69. The van der Waals surface area contributed by atoms with E-state index in [0.29, 0.717) is 12.4 Å². The van der Waals surface area contributed by atoms with E-state index in [1.165, 1.54) is 4.90 Å². The second-order valence-electron chi connectivity index (χ2n) is 5.54. The fourth-order valence-corrected chi connectivity index (χ4v) is 3.05. The molecule has 1 unspecified atom stereocenters. The molecule has 1 aromatic rings. The number of aryl methyl sites for hydroxylation is 1. The molecular formula is C14H19N3O3. The molecule has 2 heterocycles. The molecule has 0 spiro atoms. The summed E-state index contributed by atoms with van der Waals surface area (Å²) in [6, 6.07) is -0.318. The minimum absolute atomic E-state index is 0.0528. The van der Waals surface area contributed by atoms with E-state index in [9.17, 15) is 9.59 Å². The van der Waals surface area contributed by atoms with Crippen molar-refractivity contribution in [3.8, 4) is 0 Å². The SMILES string of the molecule is Cc1cnc(CNC2CC(=O)N(C3CCCC3)C2=O)o1. The van der Waals surface area contributed by atoms with Gasteiger partial charge in [0.2, 0.25) is 17.7 Å². The van der Waals surface area contributed by atoms with E-state index < -0.39 is 6.04 Å². The molecule has 3 rings (SSSR count). The van der Waals surface area contributed by atoms with Crippen LogP contribution in [0.1, 0.15) is 43.8 Å². The molecule has 1 aromatic heterocycles. The molecule has 0 radical (unpaired) electrons. The minimum Gasteiger partial charge on any atom is -0.445 e. The van der Waals surface area contributed by atoms with Crippen molar-refractivity contribution in [3.05, 3.63) is 17.8 Å². The van der Waals surface area contributed by atoms with Crippen molar-refractivity contribution in [1.82, 2.24) is 15.2 Å². The highest BCUT2D eigenvalue weighted by molar-refractivity contribution is 6.05. The maximum Gasteiger partial charge on any atom is 0.247 e. The molecule has 6 heteroatoms. The Labute approximate surface area is 117 Å². The minimum atomic E-state index is -0.435. The largest absolute Gasteiger partial charge is 0.445 e. The first-order valence-electron chi connectivity index (χ1n) is 7.16. The fourth-order valence-electron chi connectivity index (χ4n) is 3.05. The molecule has 1 aliphatic heterocycles. The number of hydrogen-bond donors (Lipinski definition) is 1. The lowest BCUT2D eigenvalue weighted by atomic mass is 10.2. The Morgan fingerprint density at radius 1 is 1.40 bits per heavy atom. The van der Waals surface area contributed by atoms with E-state index in [2.05, 4.69) is 10.3 Å². The van der Waals surface area contributed by atoms with Crippen molar-refractivity contribution in [3.63, 3.8) is 0 Å². The van der Waals surface area contributed by atoms with Crippen molar-refractivity contribution >= 4 is 11.8 Å². The summed E-state index contributed by atoms with van der Waals surface area (Å²) in [5.41, 5.74) is 0. The van der Waals surface area contributed by atoms with Crippen molar-refractivity contribution in [1.29, 1.82) is 0 Å². The van der Waals surface area contributed by atoms with Crippen molar-refractivity contribution in [2.24, 2.45) is 0 Å². The number of rotatable bonds is 4. The number of imide groups is 1. The number of amides is 2. The molecule has 2 aliphatic rings. The van der Waals surface area contributed by atoms with Crippen LogP contribution in [0.5, 0.6) is 0 Å². The first-order valence-corrected chi connectivity index (χ1v) is 7.16. The lowest BCUT2D eigenvalue weighted by molar-refractivity contribution is -0.141. The summed E-state index contributed by atoms with van der Waals surface area (Å²) < 4.78 is 5.35. The number of nitrogens with zero attached hydrogens (tertiary/aromatic N) is 2. The summed E-state index contributed by atoms with van der Waals surface area (Å²) in [5.74, 6) is 1.14. The van der Waals surface area contributed by atoms with Gasteiger partial charge in [-0.05, 0) is 19.8 Å². The number of hydrogen-bond acceptors (Lipinski definition) is 5. The Balaban J connectivity index is 1.60. The maximum absolute atomic E-state index is 12.3. The summed E-state index contributed by atoms with van der Waals surface area (Å²) in [6.07, 6.45) is 6.00. The molecule has 0 aromatic carbocycles. The highest BCUT2D eigenvalue weighted by atomic mass is 16.4. The van der Waals surface area contributed by atoms with Gasteiger partial charge in [0.05, 0.1) is 25.2 Å². The Kier molecular flexibility index (Phi) is 3.56. The molecule has 0 bridgehead atoms. The van der Waals surface area contributed by atoms with Crippen LogP contribution in [0.15, 0.2) is 10.6 Å². The average Bonchev–Trinajstić information content (AvgIpc) is 3.10. The zero-order valence-electron chi connectivity index (χ0n) is 11.6. The van der Waals surface area contributed by atoms with Crippen LogP contribution in [0.4, 0.5) is 0 Å². The lowest BCUT2D eigenvalue weighted by Gasteiger charge is -2.22. The maximum atomic E-state index is 12.3. The number of nitrogens with one attached hydrogen (secondary N) is 1. The van der Waals surface area contributed by atoms with Gasteiger partial charge in [0, 0.05) is 6.04 Å². The van der Waals surface area contributed by atoms with Gasteiger partial charge < -0.3 is 4.42 Å². The number of aromatic nitrogens is 1. The molecule has 2 amide bonds. The second kappa shape index (κ2) is 5.36. The normalized spacial score (nSPS) is 24.1. The number of carbonyl (C=O) groups is 2. The van der Waals surface area contributed by atoms with Gasteiger partial charge in [-0.1, -0.05) is 12.8 Å². The first-order chi connectivity index (χ1) is 9.65. The molecule has 2 fully saturated rings. The van der Waals surface area contributed by atoms with Crippen LogP contribution in [0.25, 0.3) is 0 Å². The molecular weight excluding hydrogens is 258 g/mol. The summed E-state index contributed by atoms with van der Waals surface area (Å²) in [6.45, 7) is 2.19. The molecule has 1 atom stereocenters. The van der Waals surface area contributed by atoms with Crippen LogP contribution < -0.4 is 5.32 Å². The van der Waals surface area contributed by atoms with E-state index in [0.717, 1.165) is 31.4 Å². The van der Waals surface area contributed by atoms with E-state index in [1.807, 2.05) is 6.92 Å². The van der Waals surface area contributed by atoms with Crippen LogP contribution in [0.2, 0.25) is 0 Å². The summed E-state index contributed by atoms with van der Waals surface area (Å²) in [7, 11) is 0. The van der Waals surface area contributed by atoms with Crippen molar-refractivity contribution < 1.29 is 14.0 Å². The highest BCUT2D eigenvalue weighted by Gasteiger charge is 2.42. The molecule has 1 aliphatic carbocycles. The van der Waals surface area contributed by atoms with E-state index in [1.54, 1.807) is 6.20 Å². The van der Waals surface area contributed by atoms with Crippen LogP contribution in [-0.4, -0.2) is 33.8 Å². The lowest BCUT2D eigenvalue weighted by Crippen LogP contribution is -2.42. The van der Waals surface area contributed by atoms with Crippen molar-refractivity contribution in [2.45, 2.75) is 57.7 Å². The molecule has 108 valence electrons. The van der Waals surface area contributed by atoms with Crippen LogP contribution in [0.3, 0.4) is 0 Å². The van der Waals surface area contributed by atoms with Gasteiger partial charge >= 0.3 is 0 Å². The average molecular weight is 277 g/mol. The predicted octanol–water partition coefficient (Wildman–Crippen LogP) is 1.14. The van der Waals surface area contributed by atoms with Crippen LogP contribution in [0, 0.1) is 6.92 Å². The first kappa shape index (κ1) is 13.3. The third-order valence-corrected chi connectivity index (χ3v) is 4.04. The van der Waals surface area contributed by atoms with E-state index in [-0.39, 0.29) is 24.3 Å². The number of carbonyl (C=O) groups excluding carboxylic acids is 2. The monoisotopic (exact) mass is 277 g/mol. The third kappa shape index (κ3) is 2.47. The van der Waals surface area contributed by atoms with Gasteiger partial charge in [-0.3, -0.25) is 19.8 Å². The Bertz CT molecular complexity index is 519. The third-order valence-electron chi connectivity index (χ3n) is 4.04. The van der Waals surface area contributed by atoms with Gasteiger partial charge in [-0.2, -0.15) is 0 Å². The quantitative estimate of drug-likeness (QED) is 0.835. The summed E-state index contributed by atoms with van der Waals surface area (Å²) >= 11 is 0. The van der Waals surface area contributed by atoms with Crippen LogP contribution >= 0.6 is 0 Å². The molecule has 1 N–H and O–H groups in total. The summed E-state index contributed by atoms with van der Waals surface area (Å²) in [5, 5.41) is 3.08. The topological polar surface area (TPSA) is 75.4 Å². The Morgan fingerprint density at radius 2 is 2.15 bits per heavy atom. The zero-order valence-corrected chi connectivity index (χ0v) is 11.6. The standard InChI is InChI=1S/C14H19N3O3/c1-9-7-16-12(20-9)8-15-11-6-13(18)17(14(11)19)10-4-2-3-5-10/h7,10-11,15H,2-6,8H2,1H3. The smallest absolute Gasteiger partial charge is 0.247 e. The van der Waals surface area contributed by atoms with E-state index in [4.69, 9.17) is 4.42 Å². The Morgan fingerprint density at radius 3 is 2.80 bits per heavy atom. The van der Waals surface area contributed by atoms with Crippen molar-refractivity contribution in [2.75, 3.05) is 0 Å². The van der Waals surface area contributed by atoms with E-state index >= 15 is 0 Å². The van der Waals surface area contributed by atoms with Gasteiger partial charge in [-0.25, -0.2) is 4.98 Å². The summed E-state index contributed by atoms with van der Waals surface area (Å²) in [4.78, 5) is 29.9. The molecule has 20 heavy (non-hydrogen) atoms. The predicted molar refractivity (Wildman–Crippen MR) is 70.6 cm³/mol. The zero-order chi connectivity index (χ0) is 14.1. The highest BCUT2D eigenvalue weighted by Crippen LogP contribution is 2.28. The van der Waals surface area contributed by atoms with Gasteiger partial charge in [-0.15, -0.1) is 0 Å². The number of likely N-dealkylation sites (tertiary alicyclic amines) is 1. The van der Waals surface area contributed by atoms with Gasteiger partial charge in [0.15, 0.2) is 0 Å². The van der Waals surface area contributed by atoms with Gasteiger partial charge in [0.25, 0.3) is 0 Å². The second-order valence-corrected chi connectivity index (χ2v) is 5.54. The molecule has 6 nitrogen and oxygen atoms in total.